The highest BCUT2D eigenvalue weighted by atomic mass is 16.5. The molecular weight excluding hydrogens is 172 g/mol. The Hall–Kier alpha value is -1.32. The highest BCUT2D eigenvalue weighted by Gasteiger charge is 1.99. The molecule has 4 heteroatoms. The van der Waals surface area contributed by atoms with Crippen molar-refractivity contribution in [2.24, 2.45) is 5.92 Å². The van der Waals surface area contributed by atoms with Crippen LogP contribution in [-0.4, -0.2) is 24.2 Å². The molecule has 0 fully saturated rings. The number of rotatable bonds is 2. The fourth-order valence-electron chi connectivity index (χ4n) is 0.174. The fourth-order valence-corrected chi connectivity index (χ4v) is 0.174. The van der Waals surface area contributed by atoms with Gasteiger partial charge in [-0.15, -0.1) is 0 Å². The van der Waals surface area contributed by atoms with Crippen molar-refractivity contribution in [3.8, 4) is 0 Å². The van der Waals surface area contributed by atoms with Crippen LogP contribution in [0.5, 0.6) is 0 Å². The zero-order valence-corrected chi connectivity index (χ0v) is 8.46. The van der Waals surface area contributed by atoms with E-state index in [0.29, 0.717) is 5.57 Å². The maximum absolute atomic E-state index is 10.2. The molecule has 0 bridgehead atoms. The number of carbonyl (C=O) groups is 2. The molecule has 1 N–H and O–H groups in total. The first kappa shape index (κ1) is 14.2. The molecule has 0 rings (SSSR count). The minimum absolute atomic E-state index is 0.231. The molecule has 0 unspecified atom stereocenters. The van der Waals surface area contributed by atoms with E-state index in [4.69, 9.17) is 5.11 Å². The van der Waals surface area contributed by atoms with Crippen molar-refractivity contribution in [3.05, 3.63) is 12.2 Å². The lowest BCUT2D eigenvalue weighted by molar-refractivity contribution is -0.140. The normalized spacial score (nSPS) is 8.38. The van der Waals surface area contributed by atoms with Crippen molar-refractivity contribution < 1.29 is 19.4 Å². The lowest BCUT2D eigenvalue weighted by Gasteiger charge is -1.91. The number of carbonyl (C=O) groups excluding carboxylic acids is 1. The third-order valence-electron chi connectivity index (χ3n) is 1.03. The van der Waals surface area contributed by atoms with E-state index >= 15 is 0 Å². The fraction of sp³-hybridized carbons (Fsp3) is 0.556. The summed E-state index contributed by atoms with van der Waals surface area (Å²) in [6.45, 7) is 8.24. The molecule has 76 valence electrons. The van der Waals surface area contributed by atoms with Crippen molar-refractivity contribution >= 4 is 11.9 Å². The van der Waals surface area contributed by atoms with Crippen LogP contribution in [0.3, 0.4) is 0 Å². The quantitative estimate of drug-likeness (QED) is 0.526. The molecule has 0 aliphatic heterocycles. The first-order valence-electron chi connectivity index (χ1n) is 3.79. The second kappa shape index (κ2) is 7.34. The molecule has 4 nitrogen and oxygen atoms in total. The minimum atomic E-state index is -0.741. The van der Waals surface area contributed by atoms with Crippen LogP contribution in [0.2, 0.25) is 0 Å². The molecule has 0 aromatic heterocycles. The highest BCUT2D eigenvalue weighted by molar-refractivity contribution is 5.86. The monoisotopic (exact) mass is 188 g/mol. The molecule has 0 saturated heterocycles. The Labute approximate surface area is 78.2 Å². The number of aliphatic carboxylic acids is 1. The van der Waals surface area contributed by atoms with E-state index < -0.39 is 5.97 Å². The molecule has 0 radical (unpaired) electrons. The molecule has 0 aromatic rings. The summed E-state index contributed by atoms with van der Waals surface area (Å²) >= 11 is 0. The number of hydrogen-bond donors (Lipinski definition) is 1. The van der Waals surface area contributed by atoms with Crippen molar-refractivity contribution in [1.82, 2.24) is 0 Å². The summed E-state index contributed by atoms with van der Waals surface area (Å²) in [5.41, 5.74) is 0.433. The molecule has 13 heavy (non-hydrogen) atoms. The van der Waals surface area contributed by atoms with Crippen LogP contribution in [0.4, 0.5) is 0 Å². The van der Waals surface area contributed by atoms with E-state index in [9.17, 15) is 9.59 Å². The third kappa shape index (κ3) is 10.7. The Morgan fingerprint density at radius 2 is 1.69 bits per heavy atom. The van der Waals surface area contributed by atoms with Gasteiger partial charge in [-0.2, -0.15) is 0 Å². The zero-order chi connectivity index (χ0) is 11.0. The Balaban J connectivity index is 0. The van der Waals surface area contributed by atoms with Gasteiger partial charge in [0.25, 0.3) is 0 Å². The van der Waals surface area contributed by atoms with Gasteiger partial charge in [0, 0.05) is 5.57 Å². The summed E-state index contributed by atoms with van der Waals surface area (Å²) in [6.07, 6.45) is 0. The maximum atomic E-state index is 10.2. The van der Waals surface area contributed by atoms with Gasteiger partial charge >= 0.3 is 11.9 Å². The van der Waals surface area contributed by atoms with Gasteiger partial charge in [0.2, 0.25) is 0 Å². The summed E-state index contributed by atoms with van der Waals surface area (Å²) in [7, 11) is 1.33. The zero-order valence-electron chi connectivity index (χ0n) is 8.46. The van der Waals surface area contributed by atoms with Gasteiger partial charge in [-0.1, -0.05) is 20.4 Å². The summed E-state index contributed by atoms with van der Waals surface area (Å²) < 4.78 is 4.27. The molecule has 0 atom stereocenters. The first-order chi connectivity index (χ1) is 5.82. The van der Waals surface area contributed by atoms with E-state index in [1.807, 2.05) is 0 Å². The SMILES string of the molecule is C=C(C)C(=O)OC.CC(C)C(=O)O. The van der Waals surface area contributed by atoms with Gasteiger partial charge in [0.1, 0.15) is 0 Å². The lowest BCUT2D eigenvalue weighted by atomic mass is 10.2. The molecular formula is C9H16O4. The molecule has 0 aliphatic rings. The van der Waals surface area contributed by atoms with Crippen LogP contribution in [0.25, 0.3) is 0 Å². The topological polar surface area (TPSA) is 63.6 Å². The maximum Gasteiger partial charge on any atom is 0.332 e. The van der Waals surface area contributed by atoms with Crippen molar-refractivity contribution in [2.45, 2.75) is 20.8 Å². The molecule has 0 spiro atoms. The molecule has 0 aliphatic carbocycles. The third-order valence-corrected chi connectivity index (χ3v) is 1.03. The first-order valence-corrected chi connectivity index (χ1v) is 3.79. The van der Waals surface area contributed by atoms with Crippen LogP contribution in [0, 0.1) is 5.92 Å². The molecule has 0 amide bonds. The molecule has 0 saturated carbocycles. The van der Waals surface area contributed by atoms with Gasteiger partial charge in [0.05, 0.1) is 13.0 Å². The second-order valence-electron chi connectivity index (χ2n) is 2.76. The lowest BCUT2D eigenvalue weighted by Crippen LogP contribution is -2.03. The minimum Gasteiger partial charge on any atom is -0.481 e. The van der Waals surface area contributed by atoms with Crippen LogP contribution in [0.1, 0.15) is 20.8 Å². The van der Waals surface area contributed by atoms with Gasteiger partial charge in [-0.25, -0.2) is 4.79 Å². The summed E-state index contributed by atoms with van der Waals surface area (Å²) in [5.74, 6) is -1.32. The Morgan fingerprint density at radius 1 is 1.38 bits per heavy atom. The molecule has 0 aromatic carbocycles. The van der Waals surface area contributed by atoms with E-state index in [1.54, 1.807) is 20.8 Å². The average molecular weight is 188 g/mol. The Morgan fingerprint density at radius 3 is 1.69 bits per heavy atom. The van der Waals surface area contributed by atoms with Crippen molar-refractivity contribution in [1.29, 1.82) is 0 Å². The predicted octanol–water partition coefficient (Wildman–Crippen LogP) is 1.46. The Bertz CT molecular complexity index is 194. The van der Waals surface area contributed by atoms with Gasteiger partial charge in [-0.05, 0) is 6.92 Å². The summed E-state index contributed by atoms with van der Waals surface area (Å²) in [4.78, 5) is 19.9. The smallest absolute Gasteiger partial charge is 0.332 e. The number of hydrogen-bond acceptors (Lipinski definition) is 3. The van der Waals surface area contributed by atoms with Gasteiger partial charge in [0.15, 0.2) is 0 Å². The van der Waals surface area contributed by atoms with Crippen molar-refractivity contribution in [3.63, 3.8) is 0 Å². The van der Waals surface area contributed by atoms with Crippen LogP contribution >= 0.6 is 0 Å². The van der Waals surface area contributed by atoms with Gasteiger partial charge in [-0.3, -0.25) is 4.79 Å². The van der Waals surface area contributed by atoms with Gasteiger partial charge < -0.3 is 9.84 Å². The number of carboxylic acids is 1. The Kier molecular flexibility index (Phi) is 8.02. The van der Waals surface area contributed by atoms with E-state index in [0.717, 1.165) is 0 Å². The van der Waals surface area contributed by atoms with Crippen LogP contribution in [0.15, 0.2) is 12.2 Å². The van der Waals surface area contributed by atoms with Crippen LogP contribution in [-0.2, 0) is 14.3 Å². The number of esters is 1. The number of methoxy groups -OCH3 is 1. The van der Waals surface area contributed by atoms with Crippen LogP contribution < -0.4 is 0 Å². The molecule has 0 heterocycles. The average Bonchev–Trinajstić information content (AvgIpc) is 2.03. The second-order valence-corrected chi connectivity index (χ2v) is 2.76. The van der Waals surface area contributed by atoms with E-state index in [2.05, 4.69) is 11.3 Å². The number of ether oxygens (including phenoxy) is 1. The van der Waals surface area contributed by atoms with E-state index in [1.165, 1.54) is 7.11 Å². The summed E-state index contributed by atoms with van der Waals surface area (Å²) in [5, 5.41) is 7.99. The highest BCUT2D eigenvalue weighted by Crippen LogP contribution is 1.87. The predicted molar refractivity (Wildman–Crippen MR) is 49.3 cm³/mol. The largest absolute Gasteiger partial charge is 0.481 e. The number of carboxylic acid groups (broad SMARTS) is 1. The van der Waals surface area contributed by atoms with E-state index in [-0.39, 0.29) is 11.9 Å². The standard InChI is InChI=1S/C5H8O2.C4H8O2/c1-4(2)5(6)7-3;1-3(2)4(5)6/h1H2,2-3H3;3H,1-2H3,(H,5,6). The summed E-state index contributed by atoms with van der Waals surface area (Å²) in [6, 6.07) is 0. The van der Waals surface area contributed by atoms with Crippen molar-refractivity contribution in [2.75, 3.05) is 7.11 Å².